The van der Waals surface area contributed by atoms with E-state index >= 15 is 0 Å². The number of rotatable bonds is 4. The molecule has 0 aliphatic carbocycles. The van der Waals surface area contributed by atoms with Crippen LogP contribution in [0.15, 0.2) is 63.9 Å². The van der Waals surface area contributed by atoms with E-state index in [1.807, 2.05) is 31.2 Å². The Balaban J connectivity index is 1.52. The van der Waals surface area contributed by atoms with E-state index < -0.39 is 5.97 Å². The van der Waals surface area contributed by atoms with E-state index in [0.717, 1.165) is 11.1 Å². The first kappa shape index (κ1) is 16.7. The summed E-state index contributed by atoms with van der Waals surface area (Å²) < 4.78 is 10.4. The Hall–Kier alpha value is -3.74. The topological polar surface area (TPSA) is 98.1 Å². The zero-order chi connectivity index (χ0) is 18.8. The Kier molecular flexibility index (Phi) is 4.25. The largest absolute Gasteiger partial charge is 0.452 e. The summed E-state index contributed by atoms with van der Waals surface area (Å²) in [6.07, 6.45) is 0. The molecular weight excluding hydrogens is 346 g/mol. The number of nitrogens with one attached hydrogen (secondary N) is 1. The maximum atomic E-state index is 12.4. The minimum Gasteiger partial charge on any atom is -0.452 e. The standard InChI is InChI=1S/C20H15N3O4/c1-12-6-8-13(9-7-12)19-22-18(27-23-19)11-26-20(25)15-10-17(24)21-16-5-3-2-4-14(15)16/h2-10H,11H2,1H3,(H,21,24). The number of fused-ring (bicyclic) bond motifs is 1. The number of carbonyl (C=O) groups is 1. The van der Waals surface area contributed by atoms with E-state index in [4.69, 9.17) is 9.26 Å². The van der Waals surface area contributed by atoms with Crippen LogP contribution < -0.4 is 5.56 Å². The number of carbonyl (C=O) groups excluding carboxylic acids is 1. The van der Waals surface area contributed by atoms with Crippen molar-refractivity contribution in [2.45, 2.75) is 13.5 Å². The van der Waals surface area contributed by atoms with E-state index in [-0.39, 0.29) is 23.6 Å². The molecule has 27 heavy (non-hydrogen) atoms. The van der Waals surface area contributed by atoms with Gasteiger partial charge in [-0.3, -0.25) is 4.79 Å². The number of para-hydroxylation sites is 1. The van der Waals surface area contributed by atoms with Gasteiger partial charge >= 0.3 is 5.97 Å². The zero-order valence-corrected chi connectivity index (χ0v) is 14.4. The Morgan fingerprint density at radius 3 is 2.74 bits per heavy atom. The minimum absolute atomic E-state index is 0.174. The van der Waals surface area contributed by atoms with Crippen LogP contribution in [0.1, 0.15) is 21.8 Å². The average molecular weight is 361 g/mol. The number of esters is 1. The summed E-state index contributed by atoms with van der Waals surface area (Å²) in [4.78, 5) is 31.1. The minimum atomic E-state index is -0.632. The third-order valence-corrected chi connectivity index (χ3v) is 4.08. The Labute approximate surface area is 153 Å². The number of ether oxygens (including phenoxy) is 1. The van der Waals surface area contributed by atoms with Crippen LogP contribution in [0, 0.1) is 6.92 Å². The molecule has 1 N–H and O–H groups in total. The summed E-state index contributed by atoms with van der Waals surface area (Å²) in [5, 5.41) is 4.50. The van der Waals surface area contributed by atoms with Crippen molar-refractivity contribution < 1.29 is 14.1 Å². The highest BCUT2D eigenvalue weighted by Gasteiger charge is 2.15. The number of nitrogens with zero attached hydrogens (tertiary/aromatic N) is 2. The summed E-state index contributed by atoms with van der Waals surface area (Å²) in [6.45, 7) is 1.81. The third-order valence-electron chi connectivity index (χ3n) is 4.08. The molecule has 0 aliphatic rings. The Morgan fingerprint density at radius 2 is 1.93 bits per heavy atom. The molecule has 0 saturated carbocycles. The number of hydrogen-bond acceptors (Lipinski definition) is 6. The van der Waals surface area contributed by atoms with Crippen molar-refractivity contribution >= 4 is 16.9 Å². The molecule has 0 atom stereocenters. The van der Waals surface area contributed by atoms with Gasteiger partial charge in [-0.1, -0.05) is 53.2 Å². The van der Waals surface area contributed by atoms with Gasteiger partial charge in [0.1, 0.15) is 0 Å². The van der Waals surface area contributed by atoms with Gasteiger partial charge in [0, 0.05) is 22.5 Å². The highest BCUT2D eigenvalue weighted by molar-refractivity contribution is 6.03. The number of pyridine rings is 1. The summed E-state index contributed by atoms with van der Waals surface area (Å²) >= 11 is 0. The fraction of sp³-hybridized carbons (Fsp3) is 0.100. The van der Waals surface area contributed by atoms with Crippen molar-refractivity contribution in [1.82, 2.24) is 15.1 Å². The number of hydrogen-bond donors (Lipinski definition) is 1. The average Bonchev–Trinajstić information content (AvgIpc) is 3.15. The Morgan fingerprint density at radius 1 is 1.15 bits per heavy atom. The molecular formula is C20H15N3O4. The highest BCUT2D eigenvalue weighted by Crippen LogP contribution is 2.18. The van der Waals surface area contributed by atoms with Crippen molar-refractivity contribution in [1.29, 1.82) is 0 Å². The van der Waals surface area contributed by atoms with E-state index in [1.165, 1.54) is 6.07 Å². The summed E-state index contributed by atoms with van der Waals surface area (Å²) in [7, 11) is 0. The molecule has 0 bridgehead atoms. The molecule has 7 nitrogen and oxygen atoms in total. The maximum Gasteiger partial charge on any atom is 0.339 e. The molecule has 0 fully saturated rings. The first-order valence-electron chi connectivity index (χ1n) is 8.29. The van der Waals surface area contributed by atoms with Crippen LogP contribution in [0.3, 0.4) is 0 Å². The predicted octanol–water partition coefficient (Wildman–Crippen LogP) is 3.24. The smallest absolute Gasteiger partial charge is 0.339 e. The van der Waals surface area contributed by atoms with Gasteiger partial charge in [-0.05, 0) is 13.0 Å². The second-order valence-electron chi connectivity index (χ2n) is 6.05. The molecule has 0 saturated heterocycles. The van der Waals surface area contributed by atoms with Gasteiger partial charge in [0.05, 0.1) is 5.56 Å². The monoisotopic (exact) mass is 361 g/mol. The first-order chi connectivity index (χ1) is 13.1. The molecule has 4 aromatic rings. The molecule has 0 unspecified atom stereocenters. The van der Waals surface area contributed by atoms with Crippen molar-refractivity contribution in [3.8, 4) is 11.4 Å². The highest BCUT2D eigenvalue weighted by atomic mass is 16.6. The molecule has 0 aliphatic heterocycles. The molecule has 7 heteroatoms. The van der Waals surface area contributed by atoms with Gasteiger partial charge in [-0.25, -0.2) is 4.79 Å². The molecule has 0 spiro atoms. The second kappa shape index (κ2) is 6.87. The molecule has 134 valence electrons. The normalized spacial score (nSPS) is 10.9. The lowest BCUT2D eigenvalue weighted by Gasteiger charge is -2.05. The fourth-order valence-corrected chi connectivity index (χ4v) is 2.71. The lowest BCUT2D eigenvalue weighted by molar-refractivity contribution is 0.0432. The van der Waals surface area contributed by atoms with Crippen LogP contribution in [0.2, 0.25) is 0 Å². The molecule has 2 heterocycles. The van der Waals surface area contributed by atoms with Gasteiger partial charge in [-0.2, -0.15) is 4.98 Å². The van der Waals surface area contributed by atoms with Crippen LogP contribution >= 0.6 is 0 Å². The van der Waals surface area contributed by atoms with Gasteiger partial charge in [0.25, 0.3) is 5.89 Å². The zero-order valence-electron chi connectivity index (χ0n) is 14.4. The number of benzene rings is 2. The lowest BCUT2D eigenvalue weighted by atomic mass is 10.1. The molecule has 2 aromatic carbocycles. The molecule has 0 amide bonds. The SMILES string of the molecule is Cc1ccc(-c2noc(COC(=O)c3cc(=O)[nH]c4ccccc34)n2)cc1. The van der Waals surface area contributed by atoms with Crippen LogP contribution in [-0.2, 0) is 11.3 Å². The third kappa shape index (κ3) is 3.48. The quantitative estimate of drug-likeness (QED) is 0.560. The number of H-pyrrole nitrogens is 1. The number of aryl methyl sites for hydroxylation is 1. The van der Waals surface area contributed by atoms with E-state index in [2.05, 4.69) is 15.1 Å². The van der Waals surface area contributed by atoms with Crippen molar-refractivity contribution in [3.05, 3.63) is 82.0 Å². The Bertz CT molecular complexity index is 1180. The second-order valence-corrected chi connectivity index (χ2v) is 6.05. The van der Waals surface area contributed by atoms with Gasteiger partial charge in [-0.15, -0.1) is 0 Å². The molecule has 4 rings (SSSR count). The number of aromatic amines is 1. The predicted molar refractivity (Wildman–Crippen MR) is 98.2 cm³/mol. The number of aromatic nitrogens is 3. The fourth-order valence-electron chi connectivity index (χ4n) is 2.71. The summed E-state index contributed by atoms with van der Waals surface area (Å²) in [5.74, 6) is -0.0388. The van der Waals surface area contributed by atoms with Crippen LogP contribution in [0.5, 0.6) is 0 Å². The van der Waals surface area contributed by atoms with Crippen LogP contribution in [0.4, 0.5) is 0 Å². The summed E-state index contributed by atoms with van der Waals surface area (Å²) in [5.41, 5.74) is 2.31. The molecule has 2 aromatic heterocycles. The van der Waals surface area contributed by atoms with Gasteiger partial charge in [0.15, 0.2) is 6.61 Å². The van der Waals surface area contributed by atoms with E-state index in [1.54, 1.807) is 24.3 Å². The van der Waals surface area contributed by atoms with Gasteiger partial charge < -0.3 is 14.2 Å². The summed E-state index contributed by atoms with van der Waals surface area (Å²) in [6, 6.07) is 15.9. The van der Waals surface area contributed by atoms with Crippen LogP contribution in [0.25, 0.3) is 22.3 Å². The van der Waals surface area contributed by atoms with E-state index in [9.17, 15) is 9.59 Å². The van der Waals surface area contributed by atoms with Crippen molar-refractivity contribution in [2.75, 3.05) is 0 Å². The van der Waals surface area contributed by atoms with E-state index in [0.29, 0.717) is 16.7 Å². The molecule has 0 radical (unpaired) electrons. The first-order valence-corrected chi connectivity index (χ1v) is 8.29. The van der Waals surface area contributed by atoms with Crippen molar-refractivity contribution in [3.63, 3.8) is 0 Å². The van der Waals surface area contributed by atoms with Gasteiger partial charge in [0.2, 0.25) is 11.4 Å². The maximum absolute atomic E-state index is 12.4. The lowest BCUT2D eigenvalue weighted by Crippen LogP contribution is -2.13. The van der Waals surface area contributed by atoms with Crippen molar-refractivity contribution in [2.24, 2.45) is 0 Å². The van der Waals surface area contributed by atoms with Crippen LogP contribution in [-0.4, -0.2) is 21.1 Å².